The molecule has 4 aromatic rings. The van der Waals surface area contributed by atoms with E-state index in [4.69, 9.17) is 0 Å². The van der Waals surface area contributed by atoms with Crippen LogP contribution >= 0.6 is 22.7 Å². The standard InChI is InChI=1S/C26H21N3O2S2/c1-16-9-6-7-12-19(16)28-24(30)22-17(2)27-26-29(23(22)20-13-8-14-32-20)25(31)21(33-26)15-18-10-4-3-5-11-18/h3-15,23H,1-2H3,(H,28,30)/b21-15-/t23-/m1/s1. The normalized spacial score (nSPS) is 15.8. The summed E-state index contributed by atoms with van der Waals surface area (Å²) in [6.45, 7) is 3.79. The fraction of sp³-hybridized carbons (Fsp3) is 0.115. The van der Waals surface area contributed by atoms with Gasteiger partial charge in [0.05, 0.1) is 15.8 Å². The number of carbonyl (C=O) groups excluding carboxylic acids is 1. The number of thiazole rings is 1. The van der Waals surface area contributed by atoms with Crippen LogP contribution in [0.15, 0.2) is 93.2 Å². The van der Waals surface area contributed by atoms with Gasteiger partial charge in [-0.1, -0.05) is 65.9 Å². The summed E-state index contributed by atoms with van der Waals surface area (Å²) in [7, 11) is 0. The molecule has 5 nitrogen and oxygen atoms in total. The number of anilines is 1. The average Bonchev–Trinajstić information content (AvgIpc) is 3.44. The van der Waals surface area contributed by atoms with Crippen molar-refractivity contribution in [1.82, 2.24) is 4.57 Å². The molecule has 0 radical (unpaired) electrons. The molecule has 0 spiro atoms. The van der Waals surface area contributed by atoms with E-state index in [1.807, 2.05) is 92.0 Å². The maximum Gasteiger partial charge on any atom is 0.271 e. The fourth-order valence-electron chi connectivity index (χ4n) is 3.93. The fourth-order valence-corrected chi connectivity index (χ4v) is 5.80. The first-order valence-corrected chi connectivity index (χ1v) is 12.2. The Morgan fingerprint density at radius 1 is 1.03 bits per heavy atom. The van der Waals surface area contributed by atoms with Crippen molar-refractivity contribution >= 4 is 40.3 Å². The van der Waals surface area contributed by atoms with Crippen molar-refractivity contribution in [2.75, 3.05) is 5.32 Å². The zero-order valence-corrected chi connectivity index (χ0v) is 19.7. The van der Waals surface area contributed by atoms with E-state index in [-0.39, 0.29) is 11.5 Å². The summed E-state index contributed by atoms with van der Waals surface area (Å²) < 4.78 is 2.25. The van der Waals surface area contributed by atoms with Crippen LogP contribution in [0.1, 0.15) is 29.0 Å². The van der Waals surface area contributed by atoms with Crippen molar-refractivity contribution in [1.29, 1.82) is 0 Å². The molecule has 2 aromatic heterocycles. The molecule has 1 atom stereocenters. The number of allylic oxidation sites excluding steroid dienone is 1. The van der Waals surface area contributed by atoms with Crippen LogP contribution in [0.5, 0.6) is 0 Å². The number of amides is 1. The number of benzene rings is 2. The molecule has 5 rings (SSSR count). The molecule has 3 heterocycles. The Labute approximate surface area is 198 Å². The van der Waals surface area contributed by atoms with Crippen LogP contribution in [-0.4, -0.2) is 10.5 Å². The highest BCUT2D eigenvalue weighted by Crippen LogP contribution is 2.33. The van der Waals surface area contributed by atoms with Gasteiger partial charge in [-0.05, 0) is 48.6 Å². The lowest BCUT2D eigenvalue weighted by Crippen LogP contribution is -2.40. The molecule has 1 aliphatic heterocycles. The molecule has 0 saturated carbocycles. The van der Waals surface area contributed by atoms with Crippen molar-refractivity contribution in [3.8, 4) is 0 Å². The minimum Gasteiger partial charge on any atom is -0.322 e. The van der Waals surface area contributed by atoms with Gasteiger partial charge in [0.2, 0.25) is 0 Å². The summed E-state index contributed by atoms with van der Waals surface area (Å²) in [5.41, 5.74) is 3.62. The van der Waals surface area contributed by atoms with Gasteiger partial charge in [-0.25, -0.2) is 4.99 Å². The van der Waals surface area contributed by atoms with E-state index in [1.165, 1.54) is 22.7 Å². The Morgan fingerprint density at radius 3 is 2.52 bits per heavy atom. The van der Waals surface area contributed by atoms with E-state index in [0.29, 0.717) is 20.6 Å². The molecule has 33 heavy (non-hydrogen) atoms. The van der Waals surface area contributed by atoms with Crippen LogP contribution < -0.4 is 20.2 Å². The average molecular weight is 472 g/mol. The lowest BCUT2D eigenvalue weighted by atomic mass is 10.0. The third-order valence-electron chi connectivity index (χ3n) is 5.57. The highest BCUT2D eigenvalue weighted by Gasteiger charge is 2.33. The van der Waals surface area contributed by atoms with Crippen molar-refractivity contribution in [3.63, 3.8) is 0 Å². The van der Waals surface area contributed by atoms with Gasteiger partial charge in [-0.15, -0.1) is 11.3 Å². The monoisotopic (exact) mass is 471 g/mol. The van der Waals surface area contributed by atoms with E-state index in [0.717, 1.165) is 21.7 Å². The van der Waals surface area contributed by atoms with Crippen LogP contribution in [0.2, 0.25) is 0 Å². The number of hydrogen-bond acceptors (Lipinski definition) is 5. The van der Waals surface area contributed by atoms with Gasteiger partial charge in [-0.3, -0.25) is 14.2 Å². The molecule has 1 amide bonds. The molecule has 1 aliphatic rings. The number of fused-ring (bicyclic) bond motifs is 1. The van der Waals surface area contributed by atoms with Crippen molar-refractivity contribution in [2.45, 2.75) is 19.9 Å². The van der Waals surface area contributed by atoms with Gasteiger partial charge in [0.25, 0.3) is 11.5 Å². The predicted octanol–water partition coefficient (Wildman–Crippen LogP) is 4.24. The summed E-state index contributed by atoms with van der Waals surface area (Å²) in [5.74, 6) is -0.249. The number of carbonyl (C=O) groups is 1. The minimum absolute atomic E-state index is 0.144. The van der Waals surface area contributed by atoms with E-state index >= 15 is 0 Å². The Hall–Kier alpha value is -3.55. The first kappa shape index (κ1) is 21.3. The number of rotatable bonds is 4. The van der Waals surface area contributed by atoms with Gasteiger partial charge in [0.15, 0.2) is 4.80 Å². The summed E-state index contributed by atoms with van der Waals surface area (Å²) in [6, 6.07) is 20.8. The lowest BCUT2D eigenvalue weighted by molar-refractivity contribution is -0.113. The second-order valence-electron chi connectivity index (χ2n) is 7.78. The third kappa shape index (κ3) is 4.01. The number of nitrogens with one attached hydrogen (secondary N) is 1. The number of aromatic nitrogens is 1. The highest BCUT2D eigenvalue weighted by atomic mass is 32.1. The Bertz CT molecular complexity index is 1550. The maximum atomic E-state index is 13.5. The Kier molecular flexibility index (Phi) is 5.66. The molecule has 0 bridgehead atoms. The van der Waals surface area contributed by atoms with Crippen LogP contribution in [-0.2, 0) is 4.79 Å². The van der Waals surface area contributed by atoms with E-state index in [9.17, 15) is 9.59 Å². The maximum absolute atomic E-state index is 13.5. The second-order valence-corrected chi connectivity index (χ2v) is 9.77. The third-order valence-corrected chi connectivity index (χ3v) is 7.48. The number of nitrogens with zero attached hydrogens (tertiary/aromatic N) is 2. The van der Waals surface area contributed by atoms with E-state index in [1.54, 1.807) is 4.57 Å². The summed E-state index contributed by atoms with van der Waals surface area (Å²) in [4.78, 5) is 33.3. The number of para-hydroxylation sites is 1. The smallest absolute Gasteiger partial charge is 0.271 e. The van der Waals surface area contributed by atoms with Crippen LogP contribution in [0.3, 0.4) is 0 Å². The van der Waals surface area contributed by atoms with Gasteiger partial charge in [0, 0.05) is 10.6 Å². The number of thiophene rings is 1. The first-order chi connectivity index (χ1) is 16.0. The van der Waals surface area contributed by atoms with Crippen LogP contribution in [0.25, 0.3) is 6.08 Å². The van der Waals surface area contributed by atoms with Gasteiger partial charge in [0.1, 0.15) is 6.04 Å². The SMILES string of the molecule is CC1=C(C(=O)Nc2ccccc2C)[C@@H](c2cccs2)n2c(s/c(=C\c3ccccc3)c2=O)=N1. The number of hydrogen-bond donors (Lipinski definition) is 1. The Balaban J connectivity index is 1.66. The largest absolute Gasteiger partial charge is 0.322 e. The van der Waals surface area contributed by atoms with Gasteiger partial charge in [-0.2, -0.15) is 0 Å². The number of aryl methyl sites for hydroxylation is 1. The molecule has 2 aromatic carbocycles. The molecule has 7 heteroatoms. The molecule has 0 fully saturated rings. The van der Waals surface area contributed by atoms with Crippen molar-refractivity contribution in [3.05, 3.63) is 119 Å². The first-order valence-electron chi connectivity index (χ1n) is 10.5. The Morgan fingerprint density at radius 2 is 1.79 bits per heavy atom. The van der Waals surface area contributed by atoms with E-state index < -0.39 is 6.04 Å². The second kappa shape index (κ2) is 8.77. The summed E-state index contributed by atoms with van der Waals surface area (Å²) >= 11 is 2.88. The predicted molar refractivity (Wildman–Crippen MR) is 134 cm³/mol. The highest BCUT2D eigenvalue weighted by molar-refractivity contribution is 7.10. The molecule has 0 aliphatic carbocycles. The van der Waals surface area contributed by atoms with Crippen molar-refractivity contribution in [2.24, 2.45) is 4.99 Å². The molecule has 0 saturated heterocycles. The molecular weight excluding hydrogens is 450 g/mol. The molecular formula is C26H21N3O2S2. The van der Waals surface area contributed by atoms with Crippen LogP contribution in [0, 0.1) is 6.92 Å². The van der Waals surface area contributed by atoms with E-state index in [2.05, 4.69) is 10.3 Å². The molecule has 0 unspecified atom stereocenters. The van der Waals surface area contributed by atoms with Gasteiger partial charge < -0.3 is 5.32 Å². The quantitative estimate of drug-likeness (QED) is 0.484. The minimum atomic E-state index is -0.525. The molecule has 1 N–H and O–H groups in total. The summed E-state index contributed by atoms with van der Waals surface area (Å²) in [5, 5.41) is 4.99. The van der Waals surface area contributed by atoms with Gasteiger partial charge >= 0.3 is 0 Å². The topological polar surface area (TPSA) is 63.5 Å². The lowest BCUT2D eigenvalue weighted by Gasteiger charge is -2.24. The van der Waals surface area contributed by atoms with Crippen LogP contribution in [0.4, 0.5) is 5.69 Å². The molecule has 164 valence electrons. The van der Waals surface area contributed by atoms with Crippen molar-refractivity contribution < 1.29 is 4.79 Å². The zero-order chi connectivity index (χ0) is 22.9. The zero-order valence-electron chi connectivity index (χ0n) is 18.1. The summed E-state index contributed by atoms with van der Waals surface area (Å²) in [6.07, 6.45) is 1.88.